The van der Waals surface area contributed by atoms with Crippen LogP contribution in [0.2, 0.25) is 0 Å². The average molecular weight is 1080 g/mol. The fourth-order valence-corrected chi connectivity index (χ4v) is 11.8. The van der Waals surface area contributed by atoms with Gasteiger partial charge in [0.2, 0.25) is 0 Å². The van der Waals surface area contributed by atoms with E-state index in [1.165, 1.54) is 66.0 Å². The maximum atomic E-state index is 5.90. The summed E-state index contributed by atoms with van der Waals surface area (Å²) in [6.45, 7) is 2.14. The SMILES string of the molecule is Brc1ccccc1-c1ccccc1Cc1ccccc1-c1ccccc1.Cc1ccccc1-c1ccccc1.Nc1ccccc1-c1ccccc1Br.c1ccc(P(c2ccccc2)c2ccccc2)cc1. The highest BCUT2D eigenvalue weighted by molar-refractivity contribution is 9.11. The van der Waals surface area contributed by atoms with Crippen molar-refractivity contribution < 1.29 is 0 Å². The molecular weight excluding hydrogens is 1020 g/mol. The number of benzene rings is 11. The smallest absolute Gasteiger partial charge is 0.0394 e. The lowest BCUT2D eigenvalue weighted by molar-refractivity contribution is 1.20. The van der Waals surface area contributed by atoms with Gasteiger partial charge in [-0.15, -0.1) is 0 Å². The van der Waals surface area contributed by atoms with Crippen molar-refractivity contribution in [2.75, 3.05) is 5.73 Å². The first-order valence-corrected chi connectivity index (χ1v) is 27.0. The van der Waals surface area contributed by atoms with Gasteiger partial charge in [0, 0.05) is 20.2 Å². The molecule has 0 atom stereocenters. The summed E-state index contributed by atoms with van der Waals surface area (Å²) >= 11 is 7.22. The Kier molecular flexibility index (Phi) is 18.9. The molecule has 352 valence electrons. The predicted octanol–water partition coefficient (Wildman–Crippen LogP) is 18.2. The molecule has 2 N–H and O–H groups in total. The molecule has 4 heteroatoms. The summed E-state index contributed by atoms with van der Waals surface area (Å²) in [6.07, 6.45) is 0.905. The number of anilines is 1. The van der Waals surface area contributed by atoms with Gasteiger partial charge >= 0.3 is 0 Å². The third kappa shape index (κ3) is 13.9. The average Bonchev–Trinajstić information content (AvgIpc) is 3.44. The number of aryl methyl sites for hydroxylation is 1. The summed E-state index contributed by atoms with van der Waals surface area (Å²) in [4.78, 5) is 0. The van der Waals surface area contributed by atoms with Gasteiger partial charge in [0.15, 0.2) is 0 Å². The molecule has 0 heterocycles. The molecule has 0 aliphatic carbocycles. The summed E-state index contributed by atoms with van der Waals surface area (Å²) in [5.74, 6) is 0. The summed E-state index contributed by atoms with van der Waals surface area (Å²) in [7, 11) is -0.446. The molecule has 0 saturated carbocycles. The van der Waals surface area contributed by atoms with E-state index in [2.05, 4.69) is 288 Å². The highest BCUT2D eigenvalue weighted by Gasteiger charge is 2.15. The van der Waals surface area contributed by atoms with Gasteiger partial charge in [-0.05, 0) is 111 Å². The molecule has 11 rings (SSSR count). The number of halogens is 2. The van der Waals surface area contributed by atoms with Crippen molar-refractivity contribution in [1.82, 2.24) is 0 Å². The topological polar surface area (TPSA) is 26.0 Å². The Morgan fingerprint density at radius 2 is 0.597 bits per heavy atom. The number of nitrogen functional groups attached to an aromatic ring is 1. The Morgan fingerprint density at radius 1 is 0.292 bits per heavy atom. The Balaban J connectivity index is 0.000000134. The second kappa shape index (κ2) is 26.7. The third-order valence-corrected chi connectivity index (χ3v) is 15.9. The minimum Gasteiger partial charge on any atom is -0.398 e. The van der Waals surface area contributed by atoms with Gasteiger partial charge < -0.3 is 5.73 Å². The number of hydrogen-bond acceptors (Lipinski definition) is 1. The zero-order valence-electron chi connectivity index (χ0n) is 40.3. The highest BCUT2D eigenvalue weighted by Crippen LogP contribution is 2.35. The van der Waals surface area contributed by atoms with E-state index in [-0.39, 0.29) is 0 Å². The number of rotatable bonds is 9. The third-order valence-electron chi connectivity index (χ3n) is 12.1. The lowest BCUT2D eigenvalue weighted by Gasteiger charge is -2.18. The van der Waals surface area contributed by atoms with Crippen molar-refractivity contribution in [3.63, 3.8) is 0 Å². The van der Waals surface area contributed by atoms with Gasteiger partial charge in [-0.1, -0.05) is 311 Å². The summed E-state index contributed by atoms with van der Waals surface area (Å²) in [5, 5.41) is 4.19. The summed E-state index contributed by atoms with van der Waals surface area (Å²) in [6, 6.07) is 104. The molecule has 0 fully saturated rings. The van der Waals surface area contributed by atoms with Crippen LogP contribution in [0.1, 0.15) is 16.7 Å². The van der Waals surface area contributed by atoms with Crippen LogP contribution in [-0.4, -0.2) is 0 Å². The first kappa shape index (κ1) is 51.0. The maximum absolute atomic E-state index is 5.90. The van der Waals surface area contributed by atoms with Crippen molar-refractivity contribution in [2.45, 2.75) is 13.3 Å². The molecule has 72 heavy (non-hydrogen) atoms. The van der Waals surface area contributed by atoms with Crippen molar-refractivity contribution in [3.05, 3.63) is 323 Å². The van der Waals surface area contributed by atoms with E-state index in [9.17, 15) is 0 Å². The normalized spacial score (nSPS) is 10.4. The van der Waals surface area contributed by atoms with E-state index in [4.69, 9.17) is 5.73 Å². The standard InChI is InChI=1S/C25H19Br.C18H15P.C13H12.C12H10BrN/c26-25-17-9-8-16-24(25)23-15-7-5-13-21(23)18-20-12-4-6-14-22(20)19-10-2-1-3-11-19;1-4-10-16(11-5-1)19(17-12-6-2-7-13-17)18-14-8-3-9-15-18;1-11-7-5-6-10-13(11)12-8-3-2-4-9-12;13-11-7-3-1-5-9(11)10-6-2-4-8-12(10)14/h1-17H,18H2;1-15H;2-10H,1H3;1-8H,14H2. The quantitative estimate of drug-likeness (QED) is 0.113. The predicted molar refractivity (Wildman–Crippen MR) is 320 cm³/mol. The molecule has 0 radical (unpaired) electrons. The maximum Gasteiger partial charge on any atom is 0.0394 e. The van der Waals surface area contributed by atoms with Crippen molar-refractivity contribution in [2.24, 2.45) is 0 Å². The van der Waals surface area contributed by atoms with Crippen molar-refractivity contribution in [3.8, 4) is 44.5 Å². The Labute approximate surface area is 444 Å². The van der Waals surface area contributed by atoms with Crippen molar-refractivity contribution >= 4 is 61.4 Å². The second-order valence-electron chi connectivity index (χ2n) is 16.9. The van der Waals surface area contributed by atoms with Gasteiger partial charge in [0.25, 0.3) is 0 Å². The summed E-state index contributed by atoms with van der Waals surface area (Å²) < 4.78 is 2.20. The van der Waals surface area contributed by atoms with Gasteiger partial charge in [-0.2, -0.15) is 0 Å². The van der Waals surface area contributed by atoms with Crippen LogP contribution in [0.15, 0.2) is 306 Å². The fourth-order valence-electron chi connectivity index (χ4n) is 8.51. The van der Waals surface area contributed by atoms with Crippen molar-refractivity contribution in [1.29, 1.82) is 0 Å². The lowest BCUT2D eigenvalue weighted by atomic mass is 9.91. The first-order valence-electron chi connectivity index (χ1n) is 24.1. The molecule has 0 bridgehead atoms. The molecule has 0 unspecified atom stereocenters. The van der Waals surface area contributed by atoms with Gasteiger partial charge in [0.05, 0.1) is 0 Å². The van der Waals surface area contributed by atoms with Gasteiger partial charge in [0.1, 0.15) is 0 Å². The lowest BCUT2D eigenvalue weighted by Crippen LogP contribution is -2.20. The van der Waals surface area contributed by atoms with Crippen LogP contribution in [0.25, 0.3) is 44.5 Å². The largest absolute Gasteiger partial charge is 0.398 e. The van der Waals surface area contributed by atoms with Crippen LogP contribution in [0, 0.1) is 6.92 Å². The Bertz CT molecular complexity index is 3230. The molecule has 0 amide bonds. The minimum atomic E-state index is -0.446. The molecule has 1 nitrogen and oxygen atoms in total. The van der Waals surface area contributed by atoms with Gasteiger partial charge in [-0.25, -0.2) is 0 Å². The van der Waals surface area contributed by atoms with E-state index in [1.54, 1.807) is 0 Å². The highest BCUT2D eigenvalue weighted by atomic mass is 79.9. The van der Waals surface area contributed by atoms with Crippen LogP contribution >= 0.6 is 39.8 Å². The van der Waals surface area contributed by atoms with Crippen LogP contribution in [0.3, 0.4) is 0 Å². The summed E-state index contributed by atoms with van der Waals surface area (Å²) in [5.41, 5.74) is 20.6. The first-order chi connectivity index (χ1) is 35.4. The zero-order chi connectivity index (χ0) is 49.7. The van der Waals surface area contributed by atoms with E-state index in [1.807, 2.05) is 48.5 Å². The second-order valence-corrected chi connectivity index (χ2v) is 20.9. The molecule has 11 aromatic carbocycles. The van der Waals surface area contributed by atoms with Gasteiger partial charge in [-0.3, -0.25) is 0 Å². The zero-order valence-corrected chi connectivity index (χ0v) is 44.3. The molecule has 11 aromatic rings. The van der Waals surface area contributed by atoms with E-state index in [0.29, 0.717) is 0 Å². The van der Waals surface area contributed by atoms with E-state index in [0.717, 1.165) is 32.2 Å². The van der Waals surface area contributed by atoms with Crippen LogP contribution in [0.5, 0.6) is 0 Å². The molecule has 0 aromatic heterocycles. The van der Waals surface area contributed by atoms with Crippen LogP contribution in [-0.2, 0) is 6.42 Å². The van der Waals surface area contributed by atoms with E-state index < -0.39 is 7.92 Å². The molecular formula is C68H56Br2NP. The number of nitrogens with two attached hydrogens (primary N) is 1. The number of para-hydroxylation sites is 1. The van der Waals surface area contributed by atoms with E-state index >= 15 is 0 Å². The Morgan fingerprint density at radius 3 is 1.04 bits per heavy atom. The Hall–Kier alpha value is -7.39. The minimum absolute atomic E-state index is 0.446. The molecule has 0 saturated heterocycles. The molecule has 0 aliphatic rings. The van der Waals surface area contributed by atoms with Crippen LogP contribution in [0.4, 0.5) is 5.69 Å². The monoisotopic (exact) mass is 1080 g/mol. The number of hydrogen-bond donors (Lipinski definition) is 1. The molecule has 0 spiro atoms. The van der Waals surface area contributed by atoms with Crippen LogP contribution < -0.4 is 21.6 Å². The molecule has 0 aliphatic heterocycles. The fraction of sp³-hybridized carbons (Fsp3) is 0.0294.